The molecule has 0 aliphatic heterocycles. The van der Waals surface area contributed by atoms with Gasteiger partial charge in [-0.3, -0.25) is 9.59 Å². The van der Waals surface area contributed by atoms with Crippen LogP contribution in [-0.2, 0) is 14.4 Å². The van der Waals surface area contributed by atoms with E-state index in [1.54, 1.807) is 18.7 Å². The maximum Gasteiger partial charge on any atom is 0.267 e. The third-order valence-corrected chi connectivity index (χ3v) is 3.30. The molecular weight excluding hydrogens is 308 g/mol. The highest BCUT2D eigenvalue weighted by Gasteiger charge is 2.25. The molecule has 7 nitrogen and oxygen atoms in total. The van der Waals surface area contributed by atoms with E-state index < -0.39 is 5.54 Å². The number of rotatable bonds is 7. The van der Waals surface area contributed by atoms with Gasteiger partial charge in [-0.25, -0.2) is 0 Å². The molecule has 0 bridgehead atoms. The van der Waals surface area contributed by atoms with Crippen LogP contribution >= 0.6 is 0 Å². The van der Waals surface area contributed by atoms with Crippen molar-refractivity contribution in [2.24, 2.45) is 10.9 Å². The van der Waals surface area contributed by atoms with Gasteiger partial charge in [0.05, 0.1) is 5.54 Å². The molecule has 1 rings (SSSR count). The zero-order valence-corrected chi connectivity index (χ0v) is 14.9. The number of anilines is 1. The normalized spacial score (nSPS) is 12.0. The van der Waals surface area contributed by atoms with E-state index >= 15 is 0 Å². The van der Waals surface area contributed by atoms with E-state index in [4.69, 9.17) is 10.6 Å². The molecule has 0 aliphatic carbocycles. The quantitative estimate of drug-likeness (QED) is 0.450. The van der Waals surface area contributed by atoms with Gasteiger partial charge in [0.25, 0.3) is 5.91 Å². The second-order valence-corrected chi connectivity index (χ2v) is 6.25. The zero-order chi connectivity index (χ0) is 18.3. The second kappa shape index (κ2) is 8.33. The number of nitrogens with two attached hydrogens (primary N) is 1. The Balaban J connectivity index is 2.73. The summed E-state index contributed by atoms with van der Waals surface area (Å²) >= 11 is 0. The number of amides is 2. The van der Waals surface area contributed by atoms with Crippen molar-refractivity contribution in [2.75, 3.05) is 11.5 Å². The Kier molecular flexibility index (Phi) is 6.76. The van der Waals surface area contributed by atoms with Crippen LogP contribution in [-0.4, -0.2) is 35.8 Å². The molecule has 0 radical (unpaired) electrons. The van der Waals surface area contributed by atoms with Crippen LogP contribution in [0.4, 0.5) is 5.69 Å². The maximum atomic E-state index is 12.4. The van der Waals surface area contributed by atoms with E-state index in [2.05, 4.69) is 10.5 Å². The number of hydrogen-bond acceptors (Lipinski definition) is 4. The molecule has 132 valence electrons. The first-order chi connectivity index (χ1) is 11.1. The summed E-state index contributed by atoms with van der Waals surface area (Å²) in [6.07, 6.45) is 0. The minimum absolute atomic E-state index is 0.0272. The van der Waals surface area contributed by atoms with E-state index in [0.29, 0.717) is 0 Å². The van der Waals surface area contributed by atoms with Crippen LogP contribution in [0.3, 0.4) is 0 Å². The van der Waals surface area contributed by atoms with Gasteiger partial charge in [0.15, 0.2) is 12.4 Å². The lowest BCUT2D eigenvalue weighted by Crippen LogP contribution is -2.52. The smallest absolute Gasteiger partial charge is 0.267 e. The Morgan fingerprint density at radius 3 is 2.38 bits per heavy atom. The molecule has 0 unspecified atom stereocenters. The standard InChI is InChI=1S/C17H26N4O3/c1-12(2)21(14-9-7-6-8-10-14)15(23)11-24-20-16(18)17(4,5)19-13(3)22/h6-10,12H,11H2,1-5H3,(H2,18,20)(H,19,22). The number of hydrogen-bond donors (Lipinski definition) is 2. The summed E-state index contributed by atoms with van der Waals surface area (Å²) in [5.41, 5.74) is 5.75. The van der Waals surface area contributed by atoms with Crippen LogP contribution in [0.2, 0.25) is 0 Å². The molecule has 0 heterocycles. The number of nitrogens with zero attached hydrogens (tertiary/aromatic N) is 2. The summed E-state index contributed by atoms with van der Waals surface area (Å²) in [7, 11) is 0. The third kappa shape index (κ3) is 5.57. The molecule has 0 spiro atoms. The van der Waals surface area contributed by atoms with Crippen molar-refractivity contribution >= 4 is 23.3 Å². The highest BCUT2D eigenvalue weighted by atomic mass is 16.6. The summed E-state index contributed by atoms with van der Waals surface area (Å²) in [6, 6.07) is 9.30. The van der Waals surface area contributed by atoms with Gasteiger partial charge in [-0.05, 0) is 39.8 Å². The summed E-state index contributed by atoms with van der Waals surface area (Å²) in [5.74, 6) is -0.379. The van der Waals surface area contributed by atoms with E-state index in [-0.39, 0.29) is 30.3 Å². The maximum absolute atomic E-state index is 12.4. The lowest BCUT2D eigenvalue weighted by molar-refractivity contribution is -0.123. The number of benzene rings is 1. The molecule has 3 N–H and O–H groups in total. The van der Waals surface area contributed by atoms with Crippen molar-refractivity contribution in [3.63, 3.8) is 0 Å². The van der Waals surface area contributed by atoms with Gasteiger partial charge in [-0.15, -0.1) is 0 Å². The van der Waals surface area contributed by atoms with Crippen molar-refractivity contribution in [3.05, 3.63) is 30.3 Å². The number of para-hydroxylation sites is 1. The highest BCUT2D eigenvalue weighted by Crippen LogP contribution is 2.16. The zero-order valence-electron chi connectivity index (χ0n) is 14.9. The third-order valence-electron chi connectivity index (χ3n) is 3.30. The molecule has 0 aliphatic rings. The molecule has 0 aromatic heterocycles. The summed E-state index contributed by atoms with van der Waals surface area (Å²) < 4.78 is 0. The Morgan fingerprint density at radius 1 is 1.29 bits per heavy atom. The number of oxime groups is 1. The van der Waals surface area contributed by atoms with Gasteiger partial charge in [0, 0.05) is 18.7 Å². The SMILES string of the molecule is CC(=O)NC(C)(C)/C(N)=N\OCC(=O)N(c1ccccc1)C(C)C. The van der Waals surface area contributed by atoms with Gasteiger partial charge < -0.3 is 20.8 Å². The monoisotopic (exact) mass is 334 g/mol. The molecule has 2 amide bonds. The first-order valence-electron chi connectivity index (χ1n) is 7.77. The fourth-order valence-electron chi connectivity index (χ4n) is 2.16. The lowest BCUT2D eigenvalue weighted by atomic mass is 10.0. The molecule has 0 fully saturated rings. The summed E-state index contributed by atoms with van der Waals surface area (Å²) in [4.78, 5) is 30.3. The number of carbonyl (C=O) groups excluding carboxylic acids is 2. The molecule has 7 heteroatoms. The Labute approximate surface area is 142 Å². The molecule has 1 aromatic rings. The van der Waals surface area contributed by atoms with Crippen molar-refractivity contribution in [1.29, 1.82) is 0 Å². The molecule has 0 saturated heterocycles. The topological polar surface area (TPSA) is 97.0 Å². The molecule has 0 atom stereocenters. The van der Waals surface area contributed by atoms with Crippen LogP contribution < -0.4 is 16.0 Å². The van der Waals surface area contributed by atoms with Gasteiger partial charge in [0.2, 0.25) is 5.91 Å². The van der Waals surface area contributed by atoms with Crippen molar-refractivity contribution < 1.29 is 14.4 Å². The first-order valence-corrected chi connectivity index (χ1v) is 7.77. The van der Waals surface area contributed by atoms with Crippen LogP contribution in [0.25, 0.3) is 0 Å². The van der Waals surface area contributed by atoms with Crippen LogP contribution in [0, 0.1) is 0 Å². The van der Waals surface area contributed by atoms with Crippen molar-refractivity contribution in [3.8, 4) is 0 Å². The molecule has 0 saturated carbocycles. The van der Waals surface area contributed by atoms with Crippen LogP contribution in [0.1, 0.15) is 34.6 Å². The van der Waals surface area contributed by atoms with Gasteiger partial charge in [0.1, 0.15) is 0 Å². The molecular formula is C17H26N4O3. The number of nitrogens with one attached hydrogen (secondary N) is 1. The first kappa shape index (κ1) is 19.5. The van der Waals surface area contributed by atoms with Crippen molar-refractivity contribution in [2.45, 2.75) is 46.2 Å². The van der Waals surface area contributed by atoms with E-state index in [1.165, 1.54) is 6.92 Å². The average Bonchev–Trinajstić information content (AvgIpc) is 2.46. The highest BCUT2D eigenvalue weighted by molar-refractivity contribution is 5.95. The van der Waals surface area contributed by atoms with Gasteiger partial charge in [-0.1, -0.05) is 23.4 Å². The summed E-state index contributed by atoms with van der Waals surface area (Å²) in [6.45, 7) is 8.38. The predicted octanol–water partition coefficient (Wildman–Crippen LogP) is 1.63. The number of amidine groups is 1. The van der Waals surface area contributed by atoms with Crippen LogP contribution in [0.5, 0.6) is 0 Å². The minimum Gasteiger partial charge on any atom is -0.384 e. The summed E-state index contributed by atoms with van der Waals surface area (Å²) in [5, 5.41) is 6.41. The Hall–Kier alpha value is -2.57. The van der Waals surface area contributed by atoms with E-state index in [0.717, 1.165) is 5.69 Å². The van der Waals surface area contributed by atoms with E-state index in [1.807, 2.05) is 44.2 Å². The average molecular weight is 334 g/mol. The minimum atomic E-state index is -0.855. The fourth-order valence-corrected chi connectivity index (χ4v) is 2.16. The fraction of sp³-hybridized carbons (Fsp3) is 0.471. The van der Waals surface area contributed by atoms with Gasteiger partial charge in [-0.2, -0.15) is 0 Å². The predicted molar refractivity (Wildman–Crippen MR) is 94.5 cm³/mol. The van der Waals surface area contributed by atoms with Crippen molar-refractivity contribution in [1.82, 2.24) is 5.32 Å². The van der Waals surface area contributed by atoms with Crippen LogP contribution in [0.15, 0.2) is 35.5 Å². The second-order valence-electron chi connectivity index (χ2n) is 6.25. The molecule has 1 aromatic carbocycles. The largest absolute Gasteiger partial charge is 0.384 e. The molecule has 24 heavy (non-hydrogen) atoms. The Bertz CT molecular complexity index is 597. The van der Waals surface area contributed by atoms with Gasteiger partial charge >= 0.3 is 0 Å². The van der Waals surface area contributed by atoms with E-state index in [9.17, 15) is 9.59 Å². The number of carbonyl (C=O) groups is 2. The lowest BCUT2D eigenvalue weighted by Gasteiger charge is -2.27. The Morgan fingerprint density at radius 2 is 1.88 bits per heavy atom.